The van der Waals surface area contributed by atoms with Crippen LogP contribution in [0.1, 0.15) is 59.8 Å². The number of likely N-dealkylation sites (tertiary alicyclic amines) is 1. The highest BCUT2D eigenvalue weighted by Crippen LogP contribution is 2.26. The van der Waals surface area contributed by atoms with Crippen LogP contribution < -0.4 is 0 Å². The van der Waals surface area contributed by atoms with Crippen molar-refractivity contribution in [3.63, 3.8) is 0 Å². The maximum atomic E-state index is 13.2. The van der Waals surface area contributed by atoms with E-state index in [1.807, 2.05) is 42.8 Å². The van der Waals surface area contributed by atoms with Crippen molar-refractivity contribution in [1.82, 2.24) is 19.6 Å². The molecule has 0 spiro atoms. The summed E-state index contributed by atoms with van der Waals surface area (Å²) < 4.78 is 1.69. The number of unbranched alkanes of at least 4 members (excludes halogenated alkanes) is 1. The van der Waals surface area contributed by atoms with Gasteiger partial charge in [0.15, 0.2) is 0 Å². The predicted octanol–water partition coefficient (Wildman–Crippen LogP) is 4.31. The summed E-state index contributed by atoms with van der Waals surface area (Å²) in [6.07, 6.45) is 3.47. The van der Waals surface area contributed by atoms with Crippen molar-refractivity contribution in [2.45, 2.75) is 53.0 Å². The van der Waals surface area contributed by atoms with Gasteiger partial charge in [-0.25, -0.2) is 4.68 Å². The standard InChI is InChI=1S/C24H33ClN4O2/c1-5-6-13-27(4)23(30)20-11-14-28(15-12-20)24(31)21-18(3)26-29(22(21)25)16-19-9-7-17(2)8-10-19/h7-10,20H,5-6,11-16H2,1-4H3. The molecule has 1 aromatic carbocycles. The van der Waals surface area contributed by atoms with Gasteiger partial charge in [-0.2, -0.15) is 5.10 Å². The summed E-state index contributed by atoms with van der Waals surface area (Å²) in [5.41, 5.74) is 3.39. The second-order valence-corrected chi connectivity index (χ2v) is 8.93. The first kappa shape index (κ1) is 23.3. The minimum atomic E-state index is -0.0945. The van der Waals surface area contributed by atoms with Crippen LogP contribution in [0, 0.1) is 19.8 Å². The molecular formula is C24H33ClN4O2. The fourth-order valence-electron chi connectivity index (χ4n) is 4.07. The molecule has 2 amide bonds. The zero-order valence-corrected chi connectivity index (χ0v) is 19.8. The van der Waals surface area contributed by atoms with Crippen LogP contribution in [-0.4, -0.2) is 58.1 Å². The third-order valence-corrected chi connectivity index (χ3v) is 6.47. The lowest BCUT2D eigenvalue weighted by Crippen LogP contribution is -2.43. The molecule has 0 unspecified atom stereocenters. The Labute approximate surface area is 190 Å². The molecule has 0 atom stereocenters. The van der Waals surface area contributed by atoms with Gasteiger partial charge in [0.25, 0.3) is 5.91 Å². The van der Waals surface area contributed by atoms with E-state index < -0.39 is 0 Å². The summed E-state index contributed by atoms with van der Waals surface area (Å²) in [5.74, 6) is 0.0929. The normalized spacial score (nSPS) is 14.7. The molecule has 1 aliphatic rings. The van der Waals surface area contributed by atoms with E-state index in [2.05, 4.69) is 24.2 Å². The van der Waals surface area contributed by atoms with Gasteiger partial charge in [0.05, 0.1) is 17.8 Å². The molecule has 0 aliphatic carbocycles. The molecule has 0 saturated carbocycles. The summed E-state index contributed by atoms with van der Waals surface area (Å²) in [7, 11) is 1.88. The molecular weight excluding hydrogens is 412 g/mol. The number of rotatable bonds is 7. The third-order valence-electron chi connectivity index (χ3n) is 6.09. The molecule has 2 heterocycles. The first-order valence-corrected chi connectivity index (χ1v) is 11.5. The van der Waals surface area contributed by atoms with Crippen molar-refractivity contribution >= 4 is 23.4 Å². The van der Waals surface area contributed by atoms with Gasteiger partial charge < -0.3 is 9.80 Å². The van der Waals surface area contributed by atoms with Crippen LogP contribution in [0.5, 0.6) is 0 Å². The highest BCUT2D eigenvalue weighted by atomic mass is 35.5. The van der Waals surface area contributed by atoms with Gasteiger partial charge >= 0.3 is 0 Å². The molecule has 1 aromatic heterocycles. The van der Waals surface area contributed by atoms with E-state index in [1.165, 1.54) is 5.56 Å². The van der Waals surface area contributed by atoms with Crippen molar-refractivity contribution in [1.29, 1.82) is 0 Å². The molecule has 0 radical (unpaired) electrons. The smallest absolute Gasteiger partial charge is 0.258 e. The van der Waals surface area contributed by atoms with Gasteiger partial charge in [-0.3, -0.25) is 9.59 Å². The maximum Gasteiger partial charge on any atom is 0.258 e. The first-order chi connectivity index (χ1) is 14.8. The van der Waals surface area contributed by atoms with Crippen molar-refractivity contribution in [3.05, 3.63) is 51.8 Å². The molecule has 1 fully saturated rings. The second-order valence-electron chi connectivity index (χ2n) is 8.57. The predicted molar refractivity (Wildman–Crippen MR) is 123 cm³/mol. The number of aryl methyl sites for hydroxylation is 2. The number of halogens is 1. The number of amides is 2. The molecule has 168 valence electrons. The van der Waals surface area contributed by atoms with Crippen LogP contribution in [-0.2, 0) is 11.3 Å². The van der Waals surface area contributed by atoms with E-state index in [-0.39, 0.29) is 17.7 Å². The highest BCUT2D eigenvalue weighted by molar-refractivity contribution is 6.33. The molecule has 31 heavy (non-hydrogen) atoms. The Morgan fingerprint density at radius 3 is 2.42 bits per heavy atom. The fourth-order valence-corrected chi connectivity index (χ4v) is 4.39. The van der Waals surface area contributed by atoms with E-state index in [0.29, 0.717) is 48.9 Å². The summed E-state index contributed by atoms with van der Waals surface area (Å²) in [5, 5.41) is 4.89. The number of piperidine rings is 1. The van der Waals surface area contributed by atoms with E-state index >= 15 is 0 Å². The molecule has 1 saturated heterocycles. The maximum absolute atomic E-state index is 13.2. The SMILES string of the molecule is CCCCN(C)C(=O)C1CCN(C(=O)c2c(C)nn(Cc3ccc(C)cc3)c2Cl)CC1. The van der Waals surface area contributed by atoms with Crippen LogP contribution in [0.3, 0.4) is 0 Å². The number of hydrogen-bond acceptors (Lipinski definition) is 3. The zero-order chi connectivity index (χ0) is 22.5. The minimum Gasteiger partial charge on any atom is -0.346 e. The van der Waals surface area contributed by atoms with Gasteiger partial charge in [-0.05, 0) is 38.7 Å². The number of nitrogens with zero attached hydrogens (tertiary/aromatic N) is 4. The van der Waals surface area contributed by atoms with Gasteiger partial charge in [-0.1, -0.05) is 54.8 Å². The molecule has 0 bridgehead atoms. The molecule has 2 aromatic rings. The number of aromatic nitrogens is 2. The number of carbonyl (C=O) groups is 2. The Kier molecular flexibility index (Phi) is 7.76. The lowest BCUT2D eigenvalue weighted by molar-refractivity contribution is -0.135. The monoisotopic (exact) mass is 444 g/mol. The van der Waals surface area contributed by atoms with Crippen molar-refractivity contribution < 1.29 is 9.59 Å². The van der Waals surface area contributed by atoms with Crippen molar-refractivity contribution in [2.75, 3.05) is 26.7 Å². The number of carbonyl (C=O) groups excluding carboxylic acids is 2. The summed E-state index contributed by atoms with van der Waals surface area (Å²) in [4.78, 5) is 29.5. The van der Waals surface area contributed by atoms with Crippen LogP contribution in [0.4, 0.5) is 0 Å². The van der Waals surface area contributed by atoms with E-state index in [1.54, 1.807) is 4.68 Å². The van der Waals surface area contributed by atoms with Crippen LogP contribution >= 0.6 is 11.6 Å². The Morgan fingerprint density at radius 1 is 1.16 bits per heavy atom. The van der Waals surface area contributed by atoms with Crippen LogP contribution in [0.2, 0.25) is 5.15 Å². The minimum absolute atomic E-state index is 0.00765. The van der Waals surface area contributed by atoms with Crippen molar-refractivity contribution in [3.8, 4) is 0 Å². The lowest BCUT2D eigenvalue weighted by atomic mass is 9.95. The van der Waals surface area contributed by atoms with Gasteiger partial charge in [-0.15, -0.1) is 0 Å². The Morgan fingerprint density at radius 2 is 1.81 bits per heavy atom. The lowest BCUT2D eigenvalue weighted by Gasteiger charge is -2.33. The molecule has 0 N–H and O–H groups in total. The van der Waals surface area contributed by atoms with Gasteiger partial charge in [0, 0.05) is 32.6 Å². The zero-order valence-electron chi connectivity index (χ0n) is 19.0. The molecule has 1 aliphatic heterocycles. The third kappa shape index (κ3) is 5.48. The summed E-state index contributed by atoms with van der Waals surface area (Å²) >= 11 is 6.59. The van der Waals surface area contributed by atoms with E-state index in [9.17, 15) is 9.59 Å². The average Bonchev–Trinajstić information content (AvgIpc) is 3.05. The fraction of sp³-hybridized carbons (Fsp3) is 0.542. The summed E-state index contributed by atoms with van der Waals surface area (Å²) in [6, 6.07) is 8.19. The number of benzene rings is 1. The largest absolute Gasteiger partial charge is 0.346 e. The molecule has 3 rings (SSSR count). The van der Waals surface area contributed by atoms with Crippen LogP contribution in [0.15, 0.2) is 24.3 Å². The Hall–Kier alpha value is -2.34. The molecule has 7 heteroatoms. The second kappa shape index (κ2) is 10.3. The Bertz CT molecular complexity index is 914. The highest BCUT2D eigenvalue weighted by Gasteiger charge is 2.31. The van der Waals surface area contributed by atoms with Gasteiger partial charge in [0.2, 0.25) is 5.91 Å². The topological polar surface area (TPSA) is 58.4 Å². The van der Waals surface area contributed by atoms with Crippen molar-refractivity contribution in [2.24, 2.45) is 5.92 Å². The average molecular weight is 445 g/mol. The first-order valence-electron chi connectivity index (χ1n) is 11.1. The number of hydrogen-bond donors (Lipinski definition) is 0. The van der Waals surface area contributed by atoms with E-state index in [4.69, 9.17) is 11.6 Å². The van der Waals surface area contributed by atoms with Crippen LogP contribution in [0.25, 0.3) is 0 Å². The summed E-state index contributed by atoms with van der Waals surface area (Å²) in [6.45, 7) is 8.44. The molecule has 6 nitrogen and oxygen atoms in total. The van der Waals surface area contributed by atoms with E-state index in [0.717, 1.165) is 24.9 Å². The Balaban J connectivity index is 1.64. The van der Waals surface area contributed by atoms with Gasteiger partial charge in [0.1, 0.15) is 5.15 Å². The quantitative estimate of drug-likeness (QED) is 0.639.